The Kier molecular flexibility index (Phi) is 4.03. The third-order valence-corrected chi connectivity index (χ3v) is 2.96. The molecule has 8 heteroatoms. The van der Waals surface area contributed by atoms with E-state index in [-0.39, 0.29) is 5.56 Å². The van der Waals surface area contributed by atoms with Gasteiger partial charge in [-0.1, -0.05) is 0 Å². The first-order valence-corrected chi connectivity index (χ1v) is 6.12. The molecule has 0 aromatic carbocycles. The van der Waals surface area contributed by atoms with E-state index >= 15 is 0 Å². The number of hydrogen-bond donors (Lipinski definition) is 1. The fraction of sp³-hybridized carbons (Fsp3) is 0.0833. The van der Waals surface area contributed by atoms with E-state index in [1.165, 1.54) is 6.20 Å². The minimum atomic E-state index is -4.53. The Morgan fingerprint density at radius 3 is 2.50 bits per heavy atom. The predicted molar refractivity (Wildman–Crippen MR) is 69.1 cm³/mol. The van der Waals surface area contributed by atoms with Gasteiger partial charge < -0.3 is 5.32 Å². The fourth-order valence-corrected chi connectivity index (χ4v) is 1.72. The van der Waals surface area contributed by atoms with Crippen molar-refractivity contribution in [3.8, 4) is 0 Å². The topological polar surface area (TPSA) is 54.9 Å². The van der Waals surface area contributed by atoms with E-state index in [2.05, 4.69) is 31.2 Å². The van der Waals surface area contributed by atoms with Crippen LogP contribution in [-0.4, -0.2) is 15.9 Å². The Labute approximate surface area is 120 Å². The number of aromatic nitrogens is 2. The molecule has 0 saturated heterocycles. The van der Waals surface area contributed by atoms with Crippen molar-refractivity contribution < 1.29 is 18.0 Å². The van der Waals surface area contributed by atoms with E-state index in [1.54, 1.807) is 12.1 Å². The second kappa shape index (κ2) is 5.58. The zero-order chi connectivity index (χ0) is 14.8. The number of nitrogens with zero attached hydrogens (tertiary/aromatic N) is 2. The highest BCUT2D eigenvalue weighted by atomic mass is 79.9. The number of carbonyl (C=O) groups excluding carboxylic acids is 1. The smallest absolute Gasteiger partial charge is 0.320 e. The zero-order valence-corrected chi connectivity index (χ0v) is 11.4. The second-order valence-corrected chi connectivity index (χ2v) is 4.48. The van der Waals surface area contributed by atoms with Gasteiger partial charge in [-0.05, 0) is 40.2 Å². The van der Waals surface area contributed by atoms with Gasteiger partial charge in [0.25, 0.3) is 5.91 Å². The predicted octanol–water partition coefficient (Wildman–Crippen LogP) is 3.51. The first-order chi connectivity index (χ1) is 9.38. The van der Waals surface area contributed by atoms with Gasteiger partial charge in [0.05, 0.1) is 11.3 Å². The molecule has 0 radical (unpaired) electrons. The summed E-state index contributed by atoms with van der Waals surface area (Å²) in [5.74, 6) is -0.570. The summed E-state index contributed by atoms with van der Waals surface area (Å²) in [4.78, 5) is 19.0. The number of anilines is 1. The summed E-state index contributed by atoms with van der Waals surface area (Å²) >= 11 is 3.14. The van der Waals surface area contributed by atoms with Gasteiger partial charge in [-0.25, -0.2) is 4.98 Å². The standard InChI is InChI=1S/C12H7BrF3N3O/c13-10-8(2-1-5-17-10)19-11(20)7-3-4-9(18-6-7)12(14,15)16/h1-6H,(H,19,20). The summed E-state index contributed by atoms with van der Waals surface area (Å²) in [6.45, 7) is 0. The normalized spacial score (nSPS) is 11.2. The van der Waals surface area contributed by atoms with Crippen molar-refractivity contribution in [2.24, 2.45) is 0 Å². The Morgan fingerprint density at radius 2 is 1.95 bits per heavy atom. The minimum Gasteiger partial charge on any atom is -0.320 e. The lowest BCUT2D eigenvalue weighted by Crippen LogP contribution is -2.14. The van der Waals surface area contributed by atoms with Gasteiger partial charge in [-0.3, -0.25) is 9.78 Å². The molecule has 0 spiro atoms. The highest BCUT2D eigenvalue weighted by Gasteiger charge is 2.32. The molecule has 0 aliphatic rings. The minimum absolute atomic E-state index is 0.0220. The molecule has 0 unspecified atom stereocenters. The Hall–Kier alpha value is -1.96. The molecule has 1 amide bonds. The van der Waals surface area contributed by atoms with Crippen molar-refractivity contribution in [3.05, 3.63) is 52.5 Å². The van der Waals surface area contributed by atoms with E-state index in [1.807, 2.05) is 0 Å². The number of hydrogen-bond acceptors (Lipinski definition) is 3. The largest absolute Gasteiger partial charge is 0.433 e. The van der Waals surface area contributed by atoms with Gasteiger partial charge in [0.1, 0.15) is 10.3 Å². The van der Waals surface area contributed by atoms with Gasteiger partial charge in [0.2, 0.25) is 0 Å². The lowest BCUT2D eigenvalue weighted by atomic mass is 10.2. The molecule has 0 bridgehead atoms. The molecular weight excluding hydrogens is 339 g/mol. The van der Waals surface area contributed by atoms with Crippen LogP contribution >= 0.6 is 15.9 Å². The molecule has 0 aliphatic heterocycles. The Balaban J connectivity index is 2.16. The van der Waals surface area contributed by atoms with Crippen molar-refractivity contribution in [1.82, 2.24) is 9.97 Å². The summed E-state index contributed by atoms with van der Waals surface area (Å²) in [6.07, 6.45) is -2.12. The average molecular weight is 346 g/mol. The van der Waals surface area contributed by atoms with E-state index in [9.17, 15) is 18.0 Å². The molecule has 0 aliphatic carbocycles. The van der Waals surface area contributed by atoms with Crippen molar-refractivity contribution >= 4 is 27.5 Å². The van der Waals surface area contributed by atoms with Crippen LogP contribution < -0.4 is 5.32 Å². The van der Waals surface area contributed by atoms with E-state index in [0.29, 0.717) is 10.3 Å². The van der Waals surface area contributed by atoms with Crippen LogP contribution in [0.5, 0.6) is 0 Å². The number of pyridine rings is 2. The molecule has 0 fully saturated rings. The van der Waals surface area contributed by atoms with Gasteiger partial charge in [-0.2, -0.15) is 13.2 Å². The quantitative estimate of drug-likeness (QED) is 0.847. The van der Waals surface area contributed by atoms with Crippen molar-refractivity contribution in [2.45, 2.75) is 6.18 Å². The van der Waals surface area contributed by atoms with Gasteiger partial charge >= 0.3 is 6.18 Å². The number of amides is 1. The summed E-state index contributed by atoms with van der Waals surface area (Å²) in [5.41, 5.74) is -0.609. The SMILES string of the molecule is O=C(Nc1cccnc1Br)c1ccc(C(F)(F)F)nc1. The maximum atomic E-state index is 12.3. The van der Waals surface area contributed by atoms with Gasteiger partial charge in [0.15, 0.2) is 0 Å². The molecule has 1 N–H and O–H groups in total. The molecule has 104 valence electrons. The number of carbonyl (C=O) groups is 1. The molecule has 2 heterocycles. The zero-order valence-electron chi connectivity index (χ0n) is 9.78. The summed E-state index contributed by atoms with van der Waals surface area (Å²) in [7, 11) is 0. The molecular formula is C12H7BrF3N3O. The number of halogens is 4. The van der Waals surface area contributed by atoms with Crippen LogP contribution in [0.15, 0.2) is 41.3 Å². The molecule has 2 aromatic rings. The van der Waals surface area contributed by atoms with Crippen molar-refractivity contribution in [2.75, 3.05) is 5.32 Å². The lowest BCUT2D eigenvalue weighted by Gasteiger charge is -2.08. The third-order valence-electron chi connectivity index (χ3n) is 2.32. The van der Waals surface area contributed by atoms with E-state index in [0.717, 1.165) is 18.3 Å². The van der Waals surface area contributed by atoms with Crippen molar-refractivity contribution in [1.29, 1.82) is 0 Å². The van der Waals surface area contributed by atoms with Crippen LogP contribution in [0.25, 0.3) is 0 Å². The molecule has 2 aromatic heterocycles. The number of alkyl halides is 3. The monoisotopic (exact) mass is 345 g/mol. The summed E-state index contributed by atoms with van der Waals surface area (Å²) in [5, 5.41) is 2.52. The molecule has 20 heavy (non-hydrogen) atoms. The highest BCUT2D eigenvalue weighted by Crippen LogP contribution is 2.27. The number of nitrogens with one attached hydrogen (secondary N) is 1. The highest BCUT2D eigenvalue weighted by molar-refractivity contribution is 9.10. The van der Waals surface area contributed by atoms with E-state index < -0.39 is 17.8 Å². The lowest BCUT2D eigenvalue weighted by molar-refractivity contribution is -0.141. The summed E-state index contributed by atoms with van der Waals surface area (Å²) in [6, 6.07) is 5.04. The van der Waals surface area contributed by atoms with Crippen LogP contribution in [0.2, 0.25) is 0 Å². The maximum absolute atomic E-state index is 12.3. The average Bonchev–Trinajstić information content (AvgIpc) is 2.40. The summed E-state index contributed by atoms with van der Waals surface area (Å²) < 4.78 is 37.5. The Bertz CT molecular complexity index is 629. The second-order valence-electron chi connectivity index (χ2n) is 3.73. The molecule has 0 atom stereocenters. The van der Waals surface area contributed by atoms with Crippen LogP contribution in [0.4, 0.5) is 18.9 Å². The molecule has 2 rings (SSSR count). The third kappa shape index (κ3) is 3.32. The van der Waals surface area contributed by atoms with Crippen LogP contribution in [0.1, 0.15) is 16.1 Å². The number of rotatable bonds is 2. The van der Waals surface area contributed by atoms with Gasteiger partial charge in [0, 0.05) is 12.4 Å². The molecule has 4 nitrogen and oxygen atoms in total. The first kappa shape index (κ1) is 14.4. The van der Waals surface area contributed by atoms with Crippen molar-refractivity contribution in [3.63, 3.8) is 0 Å². The fourth-order valence-electron chi connectivity index (χ4n) is 1.37. The van der Waals surface area contributed by atoms with E-state index in [4.69, 9.17) is 0 Å². The van der Waals surface area contributed by atoms with Crippen LogP contribution in [0.3, 0.4) is 0 Å². The van der Waals surface area contributed by atoms with Gasteiger partial charge in [-0.15, -0.1) is 0 Å². The first-order valence-electron chi connectivity index (χ1n) is 5.33. The van der Waals surface area contributed by atoms with Crippen LogP contribution in [-0.2, 0) is 6.18 Å². The molecule has 0 saturated carbocycles. The maximum Gasteiger partial charge on any atom is 0.433 e. The Morgan fingerprint density at radius 1 is 1.20 bits per heavy atom. The van der Waals surface area contributed by atoms with Crippen LogP contribution in [0, 0.1) is 0 Å².